The van der Waals surface area contributed by atoms with Crippen LogP contribution in [0, 0.1) is 5.82 Å². The van der Waals surface area contributed by atoms with Crippen LogP contribution in [-0.2, 0) is 0 Å². The van der Waals surface area contributed by atoms with Gasteiger partial charge in [-0.2, -0.15) is 0 Å². The van der Waals surface area contributed by atoms with E-state index in [-0.39, 0.29) is 10.8 Å². The number of hydrogen-bond donors (Lipinski definition) is 0. The van der Waals surface area contributed by atoms with Crippen LogP contribution in [0.1, 0.15) is 17.3 Å². The van der Waals surface area contributed by atoms with E-state index in [1.54, 1.807) is 18.2 Å². The van der Waals surface area contributed by atoms with Gasteiger partial charge in [-0.3, -0.25) is 4.79 Å². The lowest BCUT2D eigenvalue weighted by Crippen LogP contribution is -1.94. The molecule has 2 rings (SSSR count). The van der Waals surface area contributed by atoms with Crippen molar-refractivity contribution in [2.45, 2.75) is 6.92 Å². The summed E-state index contributed by atoms with van der Waals surface area (Å²) in [4.78, 5) is 11.3. The third-order valence-electron chi connectivity index (χ3n) is 2.45. The van der Waals surface area contributed by atoms with Crippen molar-refractivity contribution in [1.29, 1.82) is 0 Å². The maximum absolute atomic E-state index is 13.0. The minimum Gasteiger partial charge on any atom is -0.457 e. The molecule has 0 bridgehead atoms. The lowest BCUT2D eigenvalue weighted by atomic mass is 10.1. The Hall–Kier alpha value is -1.39. The van der Waals surface area contributed by atoms with Gasteiger partial charge in [-0.25, -0.2) is 4.39 Å². The fourth-order valence-corrected chi connectivity index (χ4v) is 2.33. The van der Waals surface area contributed by atoms with Crippen molar-refractivity contribution < 1.29 is 13.9 Å². The summed E-state index contributed by atoms with van der Waals surface area (Å²) in [6.07, 6.45) is 0. The first kappa shape index (κ1) is 14.0. The molecule has 19 heavy (non-hydrogen) atoms. The second-order valence-electron chi connectivity index (χ2n) is 3.88. The minimum absolute atomic E-state index is 0.00285. The molecule has 0 aliphatic rings. The van der Waals surface area contributed by atoms with Crippen molar-refractivity contribution >= 4 is 33.3 Å². The largest absolute Gasteiger partial charge is 0.457 e. The predicted molar refractivity (Wildman–Crippen MR) is 75.6 cm³/mol. The number of benzene rings is 2. The van der Waals surface area contributed by atoms with E-state index in [1.165, 1.54) is 25.1 Å². The molecule has 0 amide bonds. The number of hydrogen-bond acceptors (Lipinski definition) is 2. The molecule has 0 saturated carbocycles. The second-order valence-corrected chi connectivity index (χ2v) is 5.14. The van der Waals surface area contributed by atoms with E-state index in [2.05, 4.69) is 15.9 Å². The lowest BCUT2D eigenvalue weighted by Gasteiger charge is -2.08. The summed E-state index contributed by atoms with van der Waals surface area (Å²) in [7, 11) is 0. The normalized spacial score (nSPS) is 10.3. The number of ether oxygens (including phenoxy) is 1. The molecular formula is C14H9BrClFO2. The molecule has 2 aromatic carbocycles. The minimum atomic E-state index is -0.498. The summed E-state index contributed by atoms with van der Waals surface area (Å²) in [6, 6.07) is 9.11. The standard InChI is InChI=1S/C14H9BrClFO2/c1-8(18)11-4-2-9(6-12(11)15)19-10-3-5-14(17)13(16)7-10/h2-7H,1H3. The maximum Gasteiger partial charge on any atom is 0.160 e. The van der Waals surface area contributed by atoms with Gasteiger partial charge in [0, 0.05) is 16.1 Å². The number of rotatable bonds is 3. The highest BCUT2D eigenvalue weighted by Crippen LogP contribution is 2.29. The van der Waals surface area contributed by atoms with Gasteiger partial charge in [0.1, 0.15) is 17.3 Å². The fraction of sp³-hybridized carbons (Fsp3) is 0.0714. The zero-order valence-electron chi connectivity index (χ0n) is 9.91. The average Bonchev–Trinajstić information content (AvgIpc) is 2.33. The van der Waals surface area contributed by atoms with Gasteiger partial charge in [-0.15, -0.1) is 0 Å². The molecule has 0 fully saturated rings. The molecule has 98 valence electrons. The van der Waals surface area contributed by atoms with Crippen LogP contribution in [0.4, 0.5) is 4.39 Å². The molecule has 0 unspecified atom stereocenters. The number of Topliss-reactive ketones (excluding diaryl/α,β-unsaturated/α-hetero) is 1. The Labute approximate surface area is 123 Å². The molecule has 0 spiro atoms. The summed E-state index contributed by atoms with van der Waals surface area (Å²) < 4.78 is 19.2. The van der Waals surface area contributed by atoms with Gasteiger partial charge in [-0.1, -0.05) is 11.6 Å². The van der Waals surface area contributed by atoms with E-state index < -0.39 is 5.82 Å². The zero-order valence-corrected chi connectivity index (χ0v) is 12.3. The van der Waals surface area contributed by atoms with Crippen LogP contribution in [0.25, 0.3) is 0 Å². The molecule has 0 aromatic heterocycles. The van der Waals surface area contributed by atoms with Crippen LogP contribution in [0.3, 0.4) is 0 Å². The highest BCUT2D eigenvalue weighted by molar-refractivity contribution is 9.10. The first-order valence-electron chi connectivity index (χ1n) is 5.41. The smallest absolute Gasteiger partial charge is 0.160 e. The van der Waals surface area contributed by atoms with Crippen molar-refractivity contribution in [3.05, 3.63) is 57.3 Å². The third-order valence-corrected chi connectivity index (χ3v) is 3.39. The second kappa shape index (κ2) is 5.72. The molecule has 0 saturated heterocycles. The van der Waals surface area contributed by atoms with Gasteiger partial charge in [0.15, 0.2) is 5.78 Å². The summed E-state index contributed by atoms with van der Waals surface area (Å²) in [5.41, 5.74) is 0.574. The Morgan fingerprint density at radius 2 is 1.84 bits per heavy atom. The first-order valence-corrected chi connectivity index (χ1v) is 6.58. The van der Waals surface area contributed by atoms with Gasteiger partial charge >= 0.3 is 0 Å². The highest BCUT2D eigenvalue weighted by atomic mass is 79.9. The Morgan fingerprint density at radius 1 is 1.21 bits per heavy atom. The van der Waals surface area contributed by atoms with E-state index in [0.29, 0.717) is 21.5 Å². The Morgan fingerprint density at radius 3 is 2.42 bits per heavy atom. The van der Waals surface area contributed by atoms with Gasteiger partial charge < -0.3 is 4.74 Å². The Kier molecular flexibility index (Phi) is 4.22. The molecule has 2 nitrogen and oxygen atoms in total. The number of carbonyl (C=O) groups excluding carboxylic acids is 1. The van der Waals surface area contributed by atoms with Crippen LogP contribution >= 0.6 is 27.5 Å². The highest BCUT2D eigenvalue weighted by Gasteiger charge is 2.08. The van der Waals surface area contributed by atoms with Crippen molar-refractivity contribution in [1.82, 2.24) is 0 Å². The molecule has 0 radical (unpaired) electrons. The van der Waals surface area contributed by atoms with Crippen LogP contribution in [0.2, 0.25) is 5.02 Å². The van der Waals surface area contributed by atoms with E-state index in [1.807, 2.05) is 0 Å². The Balaban J connectivity index is 2.26. The van der Waals surface area contributed by atoms with Crippen molar-refractivity contribution in [2.75, 3.05) is 0 Å². The summed E-state index contributed by atoms with van der Waals surface area (Å²) in [5, 5.41) is -0.00285. The van der Waals surface area contributed by atoms with Crippen LogP contribution in [-0.4, -0.2) is 5.78 Å². The molecule has 0 atom stereocenters. The van der Waals surface area contributed by atoms with Gasteiger partial charge in [0.2, 0.25) is 0 Å². The molecule has 5 heteroatoms. The van der Waals surface area contributed by atoms with Crippen molar-refractivity contribution in [3.8, 4) is 11.5 Å². The Bertz CT molecular complexity index is 643. The predicted octanol–water partition coefficient (Wildman–Crippen LogP) is 5.24. The average molecular weight is 344 g/mol. The quantitative estimate of drug-likeness (QED) is 0.713. The molecule has 0 N–H and O–H groups in total. The molecule has 2 aromatic rings. The molecule has 0 heterocycles. The van der Waals surface area contributed by atoms with Gasteiger partial charge in [0.05, 0.1) is 5.02 Å². The summed E-state index contributed by atoms with van der Waals surface area (Å²) in [6.45, 7) is 1.49. The summed E-state index contributed by atoms with van der Waals surface area (Å²) >= 11 is 8.97. The lowest BCUT2D eigenvalue weighted by molar-refractivity contribution is 0.101. The number of carbonyl (C=O) groups is 1. The van der Waals surface area contributed by atoms with Crippen molar-refractivity contribution in [2.24, 2.45) is 0 Å². The van der Waals surface area contributed by atoms with E-state index in [9.17, 15) is 9.18 Å². The SMILES string of the molecule is CC(=O)c1ccc(Oc2ccc(F)c(Cl)c2)cc1Br. The fourth-order valence-electron chi connectivity index (χ4n) is 1.52. The van der Waals surface area contributed by atoms with Crippen molar-refractivity contribution in [3.63, 3.8) is 0 Å². The van der Waals surface area contributed by atoms with Crippen LogP contribution in [0.5, 0.6) is 11.5 Å². The third kappa shape index (κ3) is 3.33. The van der Waals surface area contributed by atoms with Gasteiger partial charge in [0.25, 0.3) is 0 Å². The monoisotopic (exact) mass is 342 g/mol. The molecular weight excluding hydrogens is 335 g/mol. The molecule has 0 aliphatic carbocycles. The van der Waals surface area contributed by atoms with Crippen LogP contribution < -0.4 is 4.74 Å². The zero-order chi connectivity index (χ0) is 14.0. The van der Waals surface area contributed by atoms with Crippen LogP contribution in [0.15, 0.2) is 40.9 Å². The summed E-state index contributed by atoms with van der Waals surface area (Å²) in [5.74, 6) is 0.416. The molecule has 0 aliphatic heterocycles. The first-order chi connectivity index (χ1) is 8.97. The topological polar surface area (TPSA) is 26.3 Å². The number of halogens is 3. The number of ketones is 1. The van der Waals surface area contributed by atoms with E-state index >= 15 is 0 Å². The van der Waals surface area contributed by atoms with E-state index in [0.717, 1.165) is 0 Å². The van der Waals surface area contributed by atoms with E-state index in [4.69, 9.17) is 16.3 Å². The van der Waals surface area contributed by atoms with Gasteiger partial charge in [-0.05, 0) is 53.2 Å². The maximum atomic E-state index is 13.0.